The van der Waals surface area contributed by atoms with E-state index in [1.165, 1.54) is 19.1 Å². The number of aryl methyl sites for hydroxylation is 1. The van der Waals surface area contributed by atoms with Crippen molar-refractivity contribution in [2.24, 2.45) is 0 Å². The zero-order valence-corrected chi connectivity index (χ0v) is 15.2. The SMILES string of the molecule is Cc1cc(N2CCCN(C(=O)c3ccoc3)CC2)nc(N2CCCC2)n1. The van der Waals surface area contributed by atoms with Crippen LogP contribution in [0.5, 0.6) is 0 Å². The molecule has 0 aromatic carbocycles. The van der Waals surface area contributed by atoms with Crippen molar-refractivity contribution in [3.05, 3.63) is 35.9 Å². The molecule has 26 heavy (non-hydrogen) atoms. The van der Waals surface area contributed by atoms with Gasteiger partial charge in [-0.25, -0.2) is 4.98 Å². The summed E-state index contributed by atoms with van der Waals surface area (Å²) in [5.41, 5.74) is 1.61. The fraction of sp³-hybridized carbons (Fsp3) is 0.526. The molecule has 0 N–H and O–H groups in total. The Kier molecular flexibility index (Phi) is 4.77. The molecule has 2 aliphatic heterocycles. The first kappa shape index (κ1) is 16.9. The van der Waals surface area contributed by atoms with E-state index in [2.05, 4.69) is 14.8 Å². The van der Waals surface area contributed by atoms with Crippen LogP contribution < -0.4 is 9.80 Å². The Morgan fingerprint density at radius 1 is 1.00 bits per heavy atom. The molecule has 4 heterocycles. The lowest BCUT2D eigenvalue weighted by atomic mass is 10.3. The zero-order valence-electron chi connectivity index (χ0n) is 15.2. The van der Waals surface area contributed by atoms with Gasteiger partial charge >= 0.3 is 0 Å². The van der Waals surface area contributed by atoms with Crippen LogP contribution in [0.2, 0.25) is 0 Å². The zero-order chi connectivity index (χ0) is 17.9. The lowest BCUT2D eigenvalue weighted by Crippen LogP contribution is -2.35. The second-order valence-corrected chi connectivity index (χ2v) is 7.01. The highest BCUT2D eigenvalue weighted by Crippen LogP contribution is 2.22. The molecule has 0 radical (unpaired) electrons. The monoisotopic (exact) mass is 355 g/mol. The number of anilines is 2. The summed E-state index contributed by atoms with van der Waals surface area (Å²) in [5.74, 6) is 1.85. The number of rotatable bonds is 3. The molecular weight excluding hydrogens is 330 g/mol. The molecule has 2 saturated heterocycles. The van der Waals surface area contributed by atoms with Crippen LogP contribution >= 0.6 is 0 Å². The van der Waals surface area contributed by atoms with Crippen molar-refractivity contribution < 1.29 is 9.21 Å². The Hall–Kier alpha value is -2.57. The topological polar surface area (TPSA) is 65.7 Å². The van der Waals surface area contributed by atoms with E-state index in [9.17, 15) is 4.79 Å². The van der Waals surface area contributed by atoms with Crippen LogP contribution in [0, 0.1) is 6.92 Å². The highest BCUT2D eigenvalue weighted by Gasteiger charge is 2.23. The van der Waals surface area contributed by atoms with E-state index in [-0.39, 0.29) is 5.91 Å². The fourth-order valence-corrected chi connectivity index (χ4v) is 3.68. The normalized spacial score (nSPS) is 18.3. The third kappa shape index (κ3) is 3.52. The second-order valence-electron chi connectivity index (χ2n) is 7.01. The first-order valence-corrected chi connectivity index (χ1v) is 9.38. The molecule has 4 rings (SSSR count). The maximum atomic E-state index is 12.6. The van der Waals surface area contributed by atoms with Gasteiger partial charge in [0.25, 0.3) is 5.91 Å². The molecule has 2 aromatic heterocycles. The number of aromatic nitrogens is 2. The van der Waals surface area contributed by atoms with E-state index >= 15 is 0 Å². The van der Waals surface area contributed by atoms with Crippen LogP contribution in [0.3, 0.4) is 0 Å². The van der Waals surface area contributed by atoms with Crippen molar-refractivity contribution in [1.29, 1.82) is 0 Å². The smallest absolute Gasteiger partial charge is 0.257 e. The van der Waals surface area contributed by atoms with Gasteiger partial charge in [-0.3, -0.25) is 4.79 Å². The summed E-state index contributed by atoms with van der Waals surface area (Å²) in [4.78, 5) is 28.4. The Labute approximate surface area is 153 Å². The van der Waals surface area contributed by atoms with Crippen molar-refractivity contribution in [2.75, 3.05) is 49.1 Å². The van der Waals surface area contributed by atoms with E-state index in [0.29, 0.717) is 12.1 Å². The summed E-state index contributed by atoms with van der Waals surface area (Å²) in [6.45, 7) is 7.21. The predicted molar refractivity (Wildman–Crippen MR) is 99.7 cm³/mol. The van der Waals surface area contributed by atoms with Crippen molar-refractivity contribution in [1.82, 2.24) is 14.9 Å². The van der Waals surface area contributed by atoms with Crippen LogP contribution in [-0.2, 0) is 0 Å². The quantitative estimate of drug-likeness (QED) is 0.842. The Morgan fingerprint density at radius 2 is 1.81 bits per heavy atom. The predicted octanol–water partition coefficient (Wildman–Crippen LogP) is 2.33. The number of furan rings is 1. The molecule has 2 aromatic rings. The third-order valence-electron chi connectivity index (χ3n) is 5.09. The van der Waals surface area contributed by atoms with Crippen LogP contribution in [0.25, 0.3) is 0 Å². The molecule has 0 aliphatic carbocycles. The van der Waals surface area contributed by atoms with Gasteiger partial charge in [0.1, 0.15) is 12.1 Å². The van der Waals surface area contributed by atoms with Gasteiger partial charge < -0.3 is 19.1 Å². The summed E-state index contributed by atoms with van der Waals surface area (Å²) < 4.78 is 5.04. The molecule has 2 fully saturated rings. The summed E-state index contributed by atoms with van der Waals surface area (Å²) in [6, 6.07) is 3.77. The molecule has 2 aliphatic rings. The lowest BCUT2D eigenvalue weighted by molar-refractivity contribution is 0.0766. The average Bonchev–Trinajstić information content (AvgIpc) is 3.31. The first-order valence-electron chi connectivity index (χ1n) is 9.38. The van der Waals surface area contributed by atoms with Crippen LogP contribution in [0.4, 0.5) is 11.8 Å². The van der Waals surface area contributed by atoms with Gasteiger partial charge in [0, 0.05) is 51.0 Å². The van der Waals surface area contributed by atoms with E-state index in [4.69, 9.17) is 9.40 Å². The molecule has 1 amide bonds. The minimum atomic E-state index is 0.0391. The number of nitrogens with zero attached hydrogens (tertiary/aromatic N) is 5. The Balaban J connectivity index is 1.48. The van der Waals surface area contributed by atoms with Crippen LogP contribution in [-0.4, -0.2) is 60.0 Å². The van der Waals surface area contributed by atoms with Gasteiger partial charge in [-0.1, -0.05) is 0 Å². The Morgan fingerprint density at radius 3 is 2.58 bits per heavy atom. The number of hydrogen-bond donors (Lipinski definition) is 0. The molecule has 0 spiro atoms. The first-order chi connectivity index (χ1) is 12.7. The summed E-state index contributed by atoms with van der Waals surface area (Å²) in [6.07, 6.45) is 6.40. The number of carbonyl (C=O) groups is 1. The minimum Gasteiger partial charge on any atom is -0.472 e. The van der Waals surface area contributed by atoms with Gasteiger partial charge in [0.05, 0.1) is 11.8 Å². The fourth-order valence-electron chi connectivity index (χ4n) is 3.68. The van der Waals surface area contributed by atoms with Crippen molar-refractivity contribution in [3.8, 4) is 0 Å². The van der Waals surface area contributed by atoms with E-state index < -0.39 is 0 Å². The van der Waals surface area contributed by atoms with E-state index in [1.807, 2.05) is 17.9 Å². The third-order valence-corrected chi connectivity index (χ3v) is 5.09. The molecule has 7 nitrogen and oxygen atoms in total. The molecule has 0 bridgehead atoms. The highest BCUT2D eigenvalue weighted by atomic mass is 16.3. The number of carbonyl (C=O) groups excluding carboxylic acids is 1. The molecule has 0 saturated carbocycles. The van der Waals surface area contributed by atoms with E-state index in [1.54, 1.807) is 12.3 Å². The van der Waals surface area contributed by atoms with Gasteiger partial charge in [-0.15, -0.1) is 0 Å². The average molecular weight is 355 g/mol. The van der Waals surface area contributed by atoms with Gasteiger partial charge in [-0.05, 0) is 32.3 Å². The van der Waals surface area contributed by atoms with Crippen molar-refractivity contribution in [3.63, 3.8) is 0 Å². The standard InChI is InChI=1S/C19H25N5O2/c1-15-13-17(21-19(20-15)24-6-2-3-7-24)22-8-4-9-23(11-10-22)18(25)16-5-12-26-14-16/h5,12-14H,2-4,6-11H2,1H3. The summed E-state index contributed by atoms with van der Waals surface area (Å²) in [5, 5.41) is 0. The molecule has 0 atom stereocenters. The number of amides is 1. The van der Waals surface area contributed by atoms with Gasteiger partial charge in [0.15, 0.2) is 0 Å². The van der Waals surface area contributed by atoms with Crippen LogP contribution in [0.1, 0.15) is 35.3 Å². The van der Waals surface area contributed by atoms with E-state index in [0.717, 1.165) is 56.6 Å². The van der Waals surface area contributed by atoms with Gasteiger partial charge in [-0.2, -0.15) is 4.98 Å². The Bertz CT molecular complexity index is 755. The van der Waals surface area contributed by atoms with Crippen molar-refractivity contribution >= 4 is 17.7 Å². The molecule has 138 valence electrons. The lowest BCUT2D eigenvalue weighted by Gasteiger charge is -2.24. The second kappa shape index (κ2) is 7.35. The minimum absolute atomic E-state index is 0.0391. The molecule has 0 unspecified atom stereocenters. The molecule has 7 heteroatoms. The summed E-state index contributed by atoms with van der Waals surface area (Å²) in [7, 11) is 0. The van der Waals surface area contributed by atoms with Crippen LogP contribution in [0.15, 0.2) is 29.1 Å². The highest BCUT2D eigenvalue weighted by molar-refractivity contribution is 5.93. The summed E-state index contributed by atoms with van der Waals surface area (Å²) >= 11 is 0. The largest absolute Gasteiger partial charge is 0.472 e. The van der Waals surface area contributed by atoms with Gasteiger partial charge in [0.2, 0.25) is 5.95 Å². The maximum Gasteiger partial charge on any atom is 0.257 e. The number of hydrogen-bond acceptors (Lipinski definition) is 6. The molecular formula is C19H25N5O2. The van der Waals surface area contributed by atoms with Crippen molar-refractivity contribution in [2.45, 2.75) is 26.2 Å². The maximum absolute atomic E-state index is 12.6.